The van der Waals surface area contributed by atoms with Crippen molar-refractivity contribution in [2.45, 2.75) is 32.0 Å². The van der Waals surface area contributed by atoms with E-state index in [0.717, 1.165) is 0 Å². The molecule has 0 aliphatic rings. The quantitative estimate of drug-likeness (QED) is 0.593. The van der Waals surface area contributed by atoms with E-state index >= 15 is 0 Å². The zero-order valence-electron chi connectivity index (χ0n) is 10.5. The van der Waals surface area contributed by atoms with Crippen LogP contribution in [0, 0.1) is 0 Å². The van der Waals surface area contributed by atoms with Gasteiger partial charge in [0.2, 0.25) is 0 Å². The average Bonchev–Trinajstić information content (AvgIpc) is 2.29. The number of carbonyl (C=O) groups is 1. The minimum absolute atomic E-state index is 0.107. The molecule has 0 saturated heterocycles. The third-order valence-corrected chi connectivity index (χ3v) is 7.94. The first kappa shape index (κ1) is 13.0. The van der Waals surface area contributed by atoms with Crippen molar-refractivity contribution >= 4 is 19.2 Å². The zero-order valence-corrected chi connectivity index (χ0v) is 11.5. The van der Waals surface area contributed by atoms with Crippen LogP contribution in [0.1, 0.15) is 13.3 Å². The van der Waals surface area contributed by atoms with E-state index in [4.69, 9.17) is 4.74 Å². The Bertz CT molecular complexity index is 346. The van der Waals surface area contributed by atoms with Crippen LogP contribution in [0.4, 0.5) is 0 Å². The number of hydrogen-bond acceptors (Lipinski definition) is 2. The summed E-state index contributed by atoms with van der Waals surface area (Å²) in [5, 5.41) is 1.39. The molecule has 0 spiro atoms. The van der Waals surface area contributed by atoms with E-state index in [1.165, 1.54) is 12.3 Å². The first-order valence-electron chi connectivity index (χ1n) is 5.61. The van der Waals surface area contributed by atoms with E-state index < -0.39 is 8.07 Å². The van der Waals surface area contributed by atoms with Gasteiger partial charge in [0, 0.05) is 6.42 Å². The van der Waals surface area contributed by atoms with Gasteiger partial charge in [-0.15, -0.1) is 0 Å². The minimum Gasteiger partial charge on any atom is -0.469 e. The lowest BCUT2D eigenvalue weighted by Crippen LogP contribution is -2.45. The van der Waals surface area contributed by atoms with Crippen molar-refractivity contribution in [1.29, 1.82) is 0 Å². The predicted octanol–water partition coefficient (Wildman–Crippen LogP) is 2.56. The first-order valence-corrected chi connectivity index (χ1v) is 8.68. The maximum Gasteiger partial charge on any atom is 0.305 e. The van der Waals surface area contributed by atoms with Crippen molar-refractivity contribution < 1.29 is 9.53 Å². The number of methoxy groups -OCH3 is 1. The maximum atomic E-state index is 11.3. The highest BCUT2D eigenvalue weighted by atomic mass is 28.3. The van der Waals surface area contributed by atoms with Crippen LogP contribution in [0.5, 0.6) is 0 Å². The van der Waals surface area contributed by atoms with Crippen LogP contribution >= 0.6 is 0 Å². The summed E-state index contributed by atoms with van der Waals surface area (Å²) in [6.45, 7) is 6.75. The number of carbonyl (C=O) groups excluding carboxylic acids is 1. The second kappa shape index (κ2) is 5.30. The number of rotatable bonds is 4. The lowest BCUT2D eigenvalue weighted by Gasteiger charge is -2.29. The lowest BCUT2D eigenvalue weighted by atomic mass is 10.3. The Balaban J connectivity index is 2.81. The summed E-state index contributed by atoms with van der Waals surface area (Å²) in [4.78, 5) is 11.3. The fraction of sp³-hybridized carbons (Fsp3) is 0.462. The normalized spacial score (nSPS) is 13.2. The number of ether oxygens (including phenoxy) is 1. The molecule has 1 aromatic rings. The molecule has 0 N–H and O–H groups in total. The summed E-state index contributed by atoms with van der Waals surface area (Å²) in [5.74, 6) is -0.107. The summed E-state index contributed by atoms with van der Waals surface area (Å²) >= 11 is 0. The van der Waals surface area contributed by atoms with Crippen molar-refractivity contribution in [2.24, 2.45) is 0 Å². The Morgan fingerprint density at radius 1 is 1.31 bits per heavy atom. The van der Waals surface area contributed by atoms with Crippen LogP contribution in [0.25, 0.3) is 0 Å². The van der Waals surface area contributed by atoms with Gasteiger partial charge in [-0.3, -0.25) is 4.79 Å². The van der Waals surface area contributed by atoms with E-state index in [-0.39, 0.29) is 5.97 Å². The minimum atomic E-state index is -1.56. The summed E-state index contributed by atoms with van der Waals surface area (Å²) < 4.78 is 4.74. The number of hydrogen-bond donors (Lipinski definition) is 0. The van der Waals surface area contributed by atoms with Gasteiger partial charge in [0.05, 0.1) is 15.2 Å². The molecule has 0 fully saturated rings. The summed E-state index contributed by atoms with van der Waals surface area (Å²) in [5.41, 5.74) is 0.391. The lowest BCUT2D eigenvalue weighted by molar-refractivity contribution is -0.140. The highest BCUT2D eigenvalue weighted by Crippen LogP contribution is 2.25. The van der Waals surface area contributed by atoms with Crippen LogP contribution in [0.2, 0.25) is 18.6 Å². The third kappa shape index (κ3) is 2.95. The van der Waals surface area contributed by atoms with Crippen molar-refractivity contribution in [3.63, 3.8) is 0 Å². The molecule has 0 aliphatic carbocycles. The Morgan fingerprint density at radius 2 is 1.88 bits per heavy atom. The number of esters is 1. The molecule has 0 heterocycles. The van der Waals surface area contributed by atoms with Gasteiger partial charge in [-0.25, -0.2) is 0 Å². The molecule has 1 atom stereocenters. The van der Waals surface area contributed by atoms with Gasteiger partial charge in [0.1, 0.15) is 0 Å². The first-order chi connectivity index (χ1) is 7.48. The second-order valence-electron chi connectivity index (χ2n) is 4.77. The topological polar surface area (TPSA) is 26.3 Å². The fourth-order valence-corrected chi connectivity index (χ4v) is 4.04. The van der Waals surface area contributed by atoms with Gasteiger partial charge >= 0.3 is 5.97 Å². The van der Waals surface area contributed by atoms with Gasteiger partial charge in [0.25, 0.3) is 0 Å². The van der Waals surface area contributed by atoms with E-state index in [2.05, 4.69) is 44.3 Å². The second-order valence-corrected chi connectivity index (χ2v) is 9.78. The summed E-state index contributed by atoms with van der Waals surface area (Å²) in [7, 11) is -0.112. The van der Waals surface area contributed by atoms with Crippen molar-refractivity contribution in [3.05, 3.63) is 30.3 Å². The molecule has 88 valence electrons. The standard InChI is InChI=1S/C13H20O2Si/c1-11(10-13(14)15-2)16(3,4)12-8-6-5-7-9-12/h5-9,11H,10H2,1-4H3. The smallest absolute Gasteiger partial charge is 0.305 e. The van der Waals surface area contributed by atoms with E-state index in [1.807, 2.05) is 6.07 Å². The molecule has 3 heteroatoms. The molecule has 0 bridgehead atoms. The predicted molar refractivity (Wildman–Crippen MR) is 69.6 cm³/mol. The molecule has 1 unspecified atom stereocenters. The molecule has 0 radical (unpaired) electrons. The highest BCUT2D eigenvalue weighted by molar-refractivity contribution is 6.91. The Kier molecular flexibility index (Phi) is 4.30. The van der Waals surface area contributed by atoms with Gasteiger partial charge in [-0.05, 0) is 5.54 Å². The van der Waals surface area contributed by atoms with Gasteiger partial charge in [-0.1, -0.05) is 55.5 Å². The van der Waals surface area contributed by atoms with Gasteiger partial charge in [0.15, 0.2) is 0 Å². The van der Waals surface area contributed by atoms with Crippen LogP contribution in [-0.2, 0) is 9.53 Å². The molecule has 1 aromatic carbocycles. The molecule has 0 saturated carbocycles. The van der Waals surface area contributed by atoms with Crippen molar-refractivity contribution in [3.8, 4) is 0 Å². The molecular formula is C13H20O2Si. The molecular weight excluding hydrogens is 216 g/mol. The van der Waals surface area contributed by atoms with Gasteiger partial charge in [-0.2, -0.15) is 0 Å². The summed E-state index contributed by atoms with van der Waals surface area (Å²) in [6, 6.07) is 10.5. The molecule has 0 amide bonds. The SMILES string of the molecule is COC(=O)CC(C)[Si](C)(C)c1ccccc1. The van der Waals surface area contributed by atoms with Crippen molar-refractivity contribution in [1.82, 2.24) is 0 Å². The van der Waals surface area contributed by atoms with Gasteiger partial charge < -0.3 is 4.74 Å². The molecule has 16 heavy (non-hydrogen) atoms. The van der Waals surface area contributed by atoms with Crippen LogP contribution in [-0.4, -0.2) is 21.2 Å². The monoisotopic (exact) mass is 236 g/mol. The number of benzene rings is 1. The Labute approximate surface area is 98.6 Å². The Morgan fingerprint density at radius 3 is 2.38 bits per heavy atom. The highest BCUT2D eigenvalue weighted by Gasteiger charge is 2.31. The van der Waals surface area contributed by atoms with Crippen LogP contribution < -0.4 is 5.19 Å². The molecule has 1 rings (SSSR count). The fourth-order valence-electron chi connectivity index (χ4n) is 1.74. The Hall–Kier alpha value is -1.09. The van der Waals surface area contributed by atoms with Crippen LogP contribution in [0.3, 0.4) is 0 Å². The zero-order chi connectivity index (χ0) is 12.2. The maximum absolute atomic E-state index is 11.3. The molecule has 2 nitrogen and oxygen atoms in total. The van der Waals surface area contributed by atoms with Crippen LogP contribution in [0.15, 0.2) is 30.3 Å². The largest absolute Gasteiger partial charge is 0.469 e. The van der Waals surface area contributed by atoms with E-state index in [9.17, 15) is 4.79 Å². The van der Waals surface area contributed by atoms with E-state index in [0.29, 0.717) is 12.0 Å². The summed E-state index contributed by atoms with van der Waals surface area (Å²) in [6.07, 6.45) is 0.518. The molecule has 0 aromatic heterocycles. The molecule has 0 aliphatic heterocycles. The third-order valence-electron chi connectivity index (χ3n) is 3.45. The van der Waals surface area contributed by atoms with E-state index in [1.54, 1.807) is 0 Å². The van der Waals surface area contributed by atoms with Crippen molar-refractivity contribution in [2.75, 3.05) is 7.11 Å². The average molecular weight is 236 g/mol.